The second-order valence-corrected chi connectivity index (χ2v) is 6.63. The van der Waals surface area contributed by atoms with Crippen molar-refractivity contribution in [3.05, 3.63) is 22.7 Å². The molecule has 0 unspecified atom stereocenters. The van der Waals surface area contributed by atoms with E-state index in [0.29, 0.717) is 17.7 Å². The number of piperidine rings is 1. The predicted octanol–water partition coefficient (Wildman–Crippen LogP) is 1.82. The van der Waals surface area contributed by atoms with Gasteiger partial charge < -0.3 is 10.5 Å². The number of ether oxygens (including phenoxy) is 1. The number of nitrogens with zero attached hydrogens (tertiary/aromatic N) is 4. The van der Waals surface area contributed by atoms with Crippen LogP contribution in [0.25, 0.3) is 0 Å². The summed E-state index contributed by atoms with van der Waals surface area (Å²) in [6.45, 7) is 4.91. The number of likely N-dealkylation sites (tertiary alicyclic amines) is 1. The van der Waals surface area contributed by atoms with Crippen molar-refractivity contribution in [2.75, 3.05) is 25.4 Å². The molecule has 0 aliphatic carbocycles. The van der Waals surface area contributed by atoms with Crippen LogP contribution in [0.15, 0.2) is 6.20 Å². The third-order valence-corrected chi connectivity index (χ3v) is 4.70. The summed E-state index contributed by atoms with van der Waals surface area (Å²) < 4.78 is 4.91. The third kappa shape index (κ3) is 4.43. The van der Waals surface area contributed by atoms with Gasteiger partial charge >= 0.3 is 5.97 Å². The van der Waals surface area contributed by atoms with E-state index in [4.69, 9.17) is 10.5 Å². The predicted molar refractivity (Wildman–Crippen MR) is 93.4 cm³/mol. The van der Waals surface area contributed by atoms with E-state index < -0.39 is 5.97 Å². The molecule has 2 aromatic heterocycles. The van der Waals surface area contributed by atoms with Crippen molar-refractivity contribution in [2.24, 2.45) is 0 Å². The first-order valence-electron chi connectivity index (χ1n) is 7.67. The Hall–Kier alpha value is -1.71. The smallest absolute Gasteiger partial charge is 0.378 e. The first-order valence-corrected chi connectivity index (χ1v) is 8.49. The molecule has 3 heterocycles. The van der Waals surface area contributed by atoms with Gasteiger partial charge in [-0.1, -0.05) is 0 Å². The van der Waals surface area contributed by atoms with Crippen LogP contribution in [-0.4, -0.2) is 50.7 Å². The number of thiazole rings is 1. The van der Waals surface area contributed by atoms with Crippen molar-refractivity contribution >= 4 is 34.8 Å². The van der Waals surface area contributed by atoms with Gasteiger partial charge in [-0.3, -0.25) is 10.00 Å². The maximum atomic E-state index is 11.6. The molecule has 0 bridgehead atoms. The van der Waals surface area contributed by atoms with Crippen LogP contribution >= 0.6 is 23.7 Å². The Morgan fingerprint density at radius 1 is 1.50 bits per heavy atom. The lowest BCUT2D eigenvalue weighted by Crippen LogP contribution is -2.32. The molecule has 132 valence electrons. The minimum atomic E-state index is -0.477. The lowest BCUT2D eigenvalue weighted by Gasteiger charge is -2.30. The summed E-state index contributed by atoms with van der Waals surface area (Å²) >= 11 is 1.53. The van der Waals surface area contributed by atoms with E-state index in [1.807, 2.05) is 6.20 Å². The van der Waals surface area contributed by atoms with Crippen molar-refractivity contribution in [2.45, 2.75) is 32.2 Å². The minimum Gasteiger partial charge on any atom is -0.460 e. The molecule has 8 nitrogen and oxygen atoms in total. The summed E-state index contributed by atoms with van der Waals surface area (Å²) in [5, 5.41) is 7.45. The van der Waals surface area contributed by atoms with Crippen molar-refractivity contribution in [3.63, 3.8) is 0 Å². The number of nitrogens with one attached hydrogen (secondary N) is 1. The number of hydrogen-bond acceptors (Lipinski definition) is 8. The molecule has 0 saturated carbocycles. The van der Waals surface area contributed by atoms with E-state index >= 15 is 0 Å². The molecule has 24 heavy (non-hydrogen) atoms. The van der Waals surface area contributed by atoms with Crippen LogP contribution in [0, 0.1) is 0 Å². The van der Waals surface area contributed by atoms with Crippen molar-refractivity contribution in [3.8, 4) is 0 Å². The maximum absolute atomic E-state index is 11.6. The molecule has 0 radical (unpaired) electrons. The van der Waals surface area contributed by atoms with Crippen molar-refractivity contribution in [1.29, 1.82) is 0 Å². The largest absolute Gasteiger partial charge is 0.460 e. The van der Waals surface area contributed by atoms with Gasteiger partial charge in [0.1, 0.15) is 5.82 Å². The molecule has 0 aromatic carbocycles. The monoisotopic (exact) mass is 372 g/mol. The second-order valence-electron chi connectivity index (χ2n) is 5.48. The topological polar surface area (TPSA) is 110 Å². The third-order valence-electron chi connectivity index (χ3n) is 3.89. The van der Waals surface area contributed by atoms with Crippen LogP contribution < -0.4 is 5.73 Å². The van der Waals surface area contributed by atoms with E-state index in [2.05, 4.69) is 25.1 Å². The summed E-state index contributed by atoms with van der Waals surface area (Å²) in [5.41, 5.74) is 5.66. The van der Waals surface area contributed by atoms with Gasteiger partial charge in [-0.25, -0.2) is 14.8 Å². The molecule has 0 atom stereocenters. The number of hydrogen-bond donors (Lipinski definition) is 2. The van der Waals surface area contributed by atoms with Gasteiger partial charge in [0.25, 0.3) is 5.82 Å². The summed E-state index contributed by atoms with van der Waals surface area (Å²) in [6, 6.07) is 0. The molecule has 3 rings (SSSR count). The molecule has 0 amide bonds. The fourth-order valence-electron chi connectivity index (χ4n) is 2.72. The van der Waals surface area contributed by atoms with Gasteiger partial charge in [0, 0.05) is 23.5 Å². The lowest BCUT2D eigenvalue weighted by atomic mass is 9.96. The number of halogens is 1. The second kappa shape index (κ2) is 8.41. The number of nitrogens with two attached hydrogens (primary N) is 1. The highest BCUT2D eigenvalue weighted by atomic mass is 35.5. The van der Waals surface area contributed by atoms with E-state index in [1.165, 1.54) is 16.2 Å². The van der Waals surface area contributed by atoms with Gasteiger partial charge in [0.15, 0.2) is 5.13 Å². The SMILES string of the molecule is CCOC(=O)c1n[nH]c(C2CCN(Cc3cnc(N)s3)CC2)n1.Cl. The fraction of sp³-hybridized carbons (Fsp3) is 0.571. The first kappa shape index (κ1) is 18.6. The van der Waals surface area contributed by atoms with Crippen LogP contribution in [0.1, 0.15) is 47.0 Å². The Balaban J connectivity index is 0.00000208. The summed E-state index contributed by atoms with van der Waals surface area (Å²) in [4.78, 5) is 23.5. The van der Waals surface area contributed by atoms with Gasteiger partial charge in [-0.2, -0.15) is 0 Å². The highest BCUT2D eigenvalue weighted by molar-refractivity contribution is 7.15. The molecule has 0 spiro atoms. The van der Waals surface area contributed by atoms with Crippen molar-refractivity contribution < 1.29 is 9.53 Å². The molecular formula is C14H21ClN6O2S. The standard InChI is InChI=1S/C14H20N6O2S.ClH/c1-2-22-13(21)12-17-11(18-19-12)9-3-5-20(6-4-9)8-10-7-16-14(15)23-10;/h7,9H,2-6,8H2,1H3,(H2,15,16)(H,17,18,19);1H. The van der Waals surface area contributed by atoms with E-state index in [0.717, 1.165) is 38.3 Å². The summed E-state index contributed by atoms with van der Waals surface area (Å²) in [7, 11) is 0. The molecular weight excluding hydrogens is 352 g/mol. The number of aromatic amines is 1. The lowest BCUT2D eigenvalue weighted by molar-refractivity contribution is 0.0512. The zero-order chi connectivity index (χ0) is 16.2. The van der Waals surface area contributed by atoms with Gasteiger partial charge in [-0.15, -0.1) is 28.8 Å². The number of nitrogen functional groups attached to an aromatic ring is 1. The molecule has 1 fully saturated rings. The average molecular weight is 373 g/mol. The minimum absolute atomic E-state index is 0. The Labute approximate surface area is 150 Å². The van der Waals surface area contributed by atoms with Crippen LogP contribution in [0.5, 0.6) is 0 Å². The van der Waals surface area contributed by atoms with Crippen LogP contribution in [0.3, 0.4) is 0 Å². The Bertz CT molecular complexity index is 668. The number of rotatable bonds is 5. The normalized spacial score (nSPS) is 15.9. The quantitative estimate of drug-likeness (QED) is 0.770. The Kier molecular flexibility index (Phi) is 6.52. The van der Waals surface area contributed by atoms with Crippen LogP contribution in [0.2, 0.25) is 0 Å². The van der Waals surface area contributed by atoms with Crippen LogP contribution in [0.4, 0.5) is 5.13 Å². The molecule has 2 aromatic rings. The number of anilines is 1. The van der Waals surface area contributed by atoms with E-state index in [-0.39, 0.29) is 18.2 Å². The molecule has 1 saturated heterocycles. The highest BCUT2D eigenvalue weighted by Crippen LogP contribution is 2.27. The number of carbonyl (C=O) groups excluding carboxylic acids is 1. The Morgan fingerprint density at radius 3 is 2.88 bits per heavy atom. The van der Waals surface area contributed by atoms with Crippen LogP contribution in [-0.2, 0) is 11.3 Å². The fourth-order valence-corrected chi connectivity index (χ4v) is 3.45. The van der Waals surface area contributed by atoms with Gasteiger partial charge in [0.05, 0.1) is 6.61 Å². The van der Waals surface area contributed by atoms with Gasteiger partial charge in [-0.05, 0) is 32.9 Å². The molecule has 10 heteroatoms. The molecule has 3 N–H and O–H groups in total. The van der Waals surface area contributed by atoms with E-state index in [9.17, 15) is 4.79 Å². The summed E-state index contributed by atoms with van der Waals surface area (Å²) in [5.74, 6) is 0.711. The molecule has 1 aliphatic heterocycles. The zero-order valence-corrected chi connectivity index (χ0v) is 15.0. The first-order chi connectivity index (χ1) is 11.2. The van der Waals surface area contributed by atoms with E-state index in [1.54, 1.807) is 6.92 Å². The number of carbonyl (C=O) groups is 1. The number of aromatic nitrogens is 4. The zero-order valence-electron chi connectivity index (χ0n) is 13.4. The highest BCUT2D eigenvalue weighted by Gasteiger charge is 2.25. The molecule has 1 aliphatic rings. The number of H-pyrrole nitrogens is 1. The van der Waals surface area contributed by atoms with Crippen molar-refractivity contribution in [1.82, 2.24) is 25.1 Å². The Morgan fingerprint density at radius 2 is 2.25 bits per heavy atom. The average Bonchev–Trinajstić information content (AvgIpc) is 3.18. The number of esters is 1. The summed E-state index contributed by atoms with van der Waals surface area (Å²) in [6.07, 6.45) is 3.80. The maximum Gasteiger partial charge on any atom is 0.378 e. The van der Waals surface area contributed by atoms with Gasteiger partial charge in [0.2, 0.25) is 0 Å².